The van der Waals surface area contributed by atoms with Gasteiger partial charge in [-0.1, -0.05) is 19.1 Å². The largest absolute Gasteiger partial charge is 0.383 e. The average Bonchev–Trinajstić information content (AvgIpc) is 2.93. The molecule has 1 aromatic carbocycles. The fourth-order valence-electron chi connectivity index (χ4n) is 2.20. The molecule has 0 saturated heterocycles. The van der Waals surface area contributed by atoms with E-state index >= 15 is 0 Å². The number of anilines is 1. The van der Waals surface area contributed by atoms with Crippen LogP contribution in [0.5, 0.6) is 0 Å². The van der Waals surface area contributed by atoms with E-state index in [-0.39, 0.29) is 12.1 Å². The zero-order valence-electron chi connectivity index (χ0n) is 13.2. The van der Waals surface area contributed by atoms with E-state index in [1.54, 1.807) is 13.3 Å². The van der Waals surface area contributed by atoms with Crippen LogP contribution >= 0.6 is 0 Å². The third-order valence-corrected chi connectivity index (χ3v) is 3.40. The Labute approximate surface area is 130 Å². The highest BCUT2D eigenvalue weighted by molar-refractivity contribution is 5.90. The lowest BCUT2D eigenvalue weighted by molar-refractivity contribution is 0.165. The number of urea groups is 1. The summed E-state index contributed by atoms with van der Waals surface area (Å²) in [7, 11) is 3.56. The average molecular weight is 302 g/mol. The number of hydrogen-bond acceptors (Lipinski definition) is 3. The smallest absolute Gasteiger partial charge is 0.319 e. The number of nitrogens with zero attached hydrogens (tertiary/aromatic N) is 2. The Bertz CT molecular complexity index is 624. The quantitative estimate of drug-likeness (QED) is 0.862. The van der Waals surface area contributed by atoms with Crippen LogP contribution in [0.2, 0.25) is 0 Å². The molecule has 0 aliphatic carbocycles. The molecule has 0 aliphatic rings. The molecular formula is C16H22N4O2. The standard InChI is InChI=1S/C16H22N4O2/c1-4-13(11-22-3)18-16(21)19-14-7-5-6-12(10-14)15-17-8-9-20(15)2/h5-10,13H,4,11H2,1-3H3,(H2,18,19,21). The molecule has 1 unspecified atom stereocenters. The third kappa shape index (κ3) is 4.08. The van der Waals surface area contributed by atoms with Crippen LogP contribution in [-0.4, -0.2) is 35.3 Å². The van der Waals surface area contributed by atoms with Gasteiger partial charge in [-0.2, -0.15) is 0 Å². The van der Waals surface area contributed by atoms with Crippen LogP contribution in [0.15, 0.2) is 36.7 Å². The van der Waals surface area contributed by atoms with E-state index in [9.17, 15) is 4.79 Å². The number of nitrogens with one attached hydrogen (secondary N) is 2. The number of ether oxygens (including phenoxy) is 1. The van der Waals surface area contributed by atoms with Crippen molar-refractivity contribution in [3.63, 3.8) is 0 Å². The summed E-state index contributed by atoms with van der Waals surface area (Å²) in [6, 6.07) is 7.38. The number of carbonyl (C=O) groups excluding carboxylic acids is 1. The highest BCUT2D eigenvalue weighted by Crippen LogP contribution is 2.20. The van der Waals surface area contributed by atoms with Gasteiger partial charge in [0, 0.05) is 37.8 Å². The summed E-state index contributed by atoms with van der Waals surface area (Å²) >= 11 is 0. The Kier molecular flexibility index (Phi) is 5.55. The minimum atomic E-state index is -0.235. The number of rotatable bonds is 6. The van der Waals surface area contributed by atoms with Crippen molar-refractivity contribution in [1.29, 1.82) is 0 Å². The lowest BCUT2D eigenvalue weighted by Gasteiger charge is -2.16. The second-order valence-electron chi connectivity index (χ2n) is 5.10. The Hall–Kier alpha value is -2.34. The lowest BCUT2D eigenvalue weighted by Crippen LogP contribution is -2.40. The van der Waals surface area contributed by atoms with Crippen LogP contribution in [0, 0.1) is 0 Å². The van der Waals surface area contributed by atoms with Crippen LogP contribution < -0.4 is 10.6 Å². The van der Waals surface area contributed by atoms with Gasteiger partial charge in [-0.15, -0.1) is 0 Å². The topological polar surface area (TPSA) is 68.2 Å². The van der Waals surface area contributed by atoms with Crippen molar-refractivity contribution in [1.82, 2.24) is 14.9 Å². The van der Waals surface area contributed by atoms with Crippen LogP contribution in [0.4, 0.5) is 10.5 Å². The first kappa shape index (κ1) is 16.0. The van der Waals surface area contributed by atoms with Crippen LogP contribution in [0.25, 0.3) is 11.4 Å². The molecule has 2 N–H and O–H groups in total. The summed E-state index contributed by atoms with van der Waals surface area (Å²) in [5.41, 5.74) is 1.68. The van der Waals surface area contributed by atoms with Gasteiger partial charge in [-0.25, -0.2) is 9.78 Å². The van der Waals surface area contributed by atoms with Gasteiger partial charge >= 0.3 is 6.03 Å². The van der Waals surface area contributed by atoms with E-state index in [0.29, 0.717) is 6.61 Å². The Balaban J connectivity index is 2.04. The fourth-order valence-corrected chi connectivity index (χ4v) is 2.20. The van der Waals surface area contributed by atoms with E-state index in [1.165, 1.54) is 0 Å². The molecule has 1 aromatic heterocycles. The van der Waals surface area contributed by atoms with E-state index in [0.717, 1.165) is 23.5 Å². The highest BCUT2D eigenvalue weighted by atomic mass is 16.5. The molecule has 1 atom stereocenters. The number of imidazole rings is 1. The molecule has 1 heterocycles. The molecule has 0 spiro atoms. The Morgan fingerprint density at radius 3 is 2.91 bits per heavy atom. The molecule has 2 aromatic rings. The maximum Gasteiger partial charge on any atom is 0.319 e. The fraction of sp³-hybridized carbons (Fsp3) is 0.375. The molecule has 2 rings (SSSR count). The molecule has 0 aliphatic heterocycles. The van der Waals surface area contributed by atoms with Crippen molar-refractivity contribution in [2.24, 2.45) is 7.05 Å². The molecule has 6 nitrogen and oxygen atoms in total. The van der Waals surface area contributed by atoms with E-state index < -0.39 is 0 Å². The van der Waals surface area contributed by atoms with Crippen molar-refractivity contribution < 1.29 is 9.53 Å². The minimum absolute atomic E-state index is 0.00252. The summed E-state index contributed by atoms with van der Waals surface area (Å²) in [6.07, 6.45) is 4.45. The van der Waals surface area contributed by atoms with Crippen molar-refractivity contribution in [3.05, 3.63) is 36.7 Å². The number of aromatic nitrogens is 2. The SMILES string of the molecule is CCC(COC)NC(=O)Nc1cccc(-c2nccn2C)c1. The summed E-state index contributed by atoms with van der Waals surface area (Å²) in [5.74, 6) is 0.856. The van der Waals surface area contributed by atoms with Gasteiger partial charge in [0.2, 0.25) is 0 Å². The molecule has 22 heavy (non-hydrogen) atoms. The van der Waals surface area contributed by atoms with Crippen molar-refractivity contribution in [3.8, 4) is 11.4 Å². The molecule has 2 amide bonds. The monoisotopic (exact) mass is 302 g/mol. The molecule has 0 fully saturated rings. The third-order valence-electron chi connectivity index (χ3n) is 3.40. The number of amides is 2. The Morgan fingerprint density at radius 2 is 2.27 bits per heavy atom. The van der Waals surface area contributed by atoms with Gasteiger partial charge in [-0.05, 0) is 18.6 Å². The number of aryl methyl sites for hydroxylation is 1. The second-order valence-corrected chi connectivity index (χ2v) is 5.10. The van der Waals surface area contributed by atoms with E-state index in [1.807, 2.05) is 49.0 Å². The molecule has 0 radical (unpaired) electrons. The molecule has 0 saturated carbocycles. The second kappa shape index (κ2) is 7.61. The predicted octanol–water partition coefficient (Wildman–Crippen LogP) is 2.63. The highest BCUT2D eigenvalue weighted by Gasteiger charge is 2.11. The van der Waals surface area contributed by atoms with Crippen molar-refractivity contribution >= 4 is 11.7 Å². The van der Waals surface area contributed by atoms with Gasteiger partial charge < -0.3 is 19.9 Å². The Morgan fingerprint density at radius 1 is 1.45 bits per heavy atom. The van der Waals surface area contributed by atoms with E-state index in [2.05, 4.69) is 15.6 Å². The molecule has 0 bridgehead atoms. The number of benzene rings is 1. The maximum absolute atomic E-state index is 12.0. The van der Waals surface area contributed by atoms with Gasteiger partial charge in [0.15, 0.2) is 0 Å². The summed E-state index contributed by atoms with van der Waals surface area (Å²) in [5, 5.41) is 5.73. The maximum atomic E-state index is 12.0. The first-order valence-electron chi connectivity index (χ1n) is 7.28. The lowest BCUT2D eigenvalue weighted by atomic mass is 10.2. The van der Waals surface area contributed by atoms with Gasteiger partial charge in [-0.3, -0.25) is 0 Å². The predicted molar refractivity (Wildman–Crippen MR) is 86.8 cm³/mol. The van der Waals surface area contributed by atoms with E-state index in [4.69, 9.17) is 4.74 Å². The normalized spacial score (nSPS) is 12.0. The first-order chi connectivity index (χ1) is 10.6. The number of hydrogen-bond donors (Lipinski definition) is 2. The van der Waals surface area contributed by atoms with Crippen LogP contribution in [0.3, 0.4) is 0 Å². The summed E-state index contributed by atoms with van der Waals surface area (Å²) in [6.45, 7) is 2.50. The molecule has 118 valence electrons. The van der Waals surface area contributed by atoms with Gasteiger partial charge in [0.1, 0.15) is 5.82 Å². The number of methoxy groups -OCH3 is 1. The zero-order valence-corrected chi connectivity index (χ0v) is 13.2. The van der Waals surface area contributed by atoms with Crippen molar-refractivity contribution in [2.45, 2.75) is 19.4 Å². The van der Waals surface area contributed by atoms with Gasteiger partial charge in [0.25, 0.3) is 0 Å². The number of carbonyl (C=O) groups is 1. The minimum Gasteiger partial charge on any atom is -0.383 e. The van der Waals surface area contributed by atoms with Crippen molar-refractivity contribution in [2.75, 3.05) is 19.0 Å². The van der Waals surface area contributed by atoms with Crippen LogP contribution in [-0.2, 0) is 11.8 Å². The first-order valence-corrected chi connectivity index (χ1v) is 7.28. The van der Waals surface area contributed by atoms with Gasteiger partial charge in [0.05, 0.1) is 12.6 Å². The molecular weight excluding hydrogens is 280 g/mol. The zero-order chi connectivity index (χ0) is 15.9. The summed E-state index contributed by atoms with van der Waals surface area (Å²) < 4.78 is 7.01. The molecule has 6 heteroatoms. The van der Waals surface area contributed by atoms with Crippen LogP contribution in [0.1, 0.15) is 13.3 Å². The summed E-state index contributed by atoms with van der Waals surface area (Å²) in [4.78, 5) is 16.3.